The topological polar surface area (TPSA) is 155 Å². The highest BCUT2D eigenvalue weighted by atomic mass is 16.2. The number of nitrogens with one attached hydrogen (secondary N) is 1. The Morgan fingerprint density at radius 1 is 1.31 bits per heavy atom. The minimum Gasteiger partial charge on any atom is -0.383 e. The van der Waals surface area contributed by atoms with Crippen LogP contribution >= 0.6 is 0 Å². The van der Waals surface area contributed by atoms with Gasteiger partial charge in [0.2, 0.25) is 5.91 Å². The Labute approximate surface area is 209 Å². The molecule has 3 rings (SSSR count). The van der Waals surface area contributed by atoms with E-state index in [2.05, 4.69) is 21.1 Å². The van der Waals surface area contributed by atoms with E-state index < -0.39 is 11.2 Å². The first kappa shape index (κ1) is 26.7. The third-order valence-corrected chi connectivity index (χ3v) is 6.37. The first-order valence-corrected chi connectivity index (χ1v) is 12.3. The minimum atomic E-state index is -0.668. The van der Waals surface area contributed by atoms with Gasteiger partial charge in [-0.15, -0.1) is 0 Å². The van der Waals surface area contributed by atoms with Crippen molar-refractivity contribution in [3.05, 3.63) is 49.5 Å². The summed E-state index contributed by atoms with van der Waals surface area (Å²) in [5.41, 5.74) is 8.30. The molecular formula is C25H34N8O3. The van der Waals surface area contributed by atoms with Crippen LogP contribution < -0.4 is 21.9 Å². The summed E-state index contributed by atoms with van der Waals surface area (Å²) in [6.45, 7) is 10.4. The van der Waals surface area contributed by atoms with Crippen molar-refractivity contribution in [3.8, 4) is 6.07 Å². The Kier molecular flexibility index (Phi) is 8.29. The highest BCUT2D eigenvalue weighted by Gasteiger charge is 2.25. The number of aromatic nitrogens is 5. The van der Waals surface area contributed by atoms with E-state index in [0.717, 1.165) is 17.7 Å². The molecule has 0 aromatic carbocycles. The molecule has 3 aromatic rings. The van der Waals surface area contributed by atoms with E-state index in [4.69, 9.17) is 5.73 Å². The molecule has 36 heavy (non-hydrogen) atoms. The van der Waals surface area contributed by atoms with E-state index in [1.54, 1.807) is 4.52 Å². The van der Waals surface area contributed by atoms with Crippen LogP contribution in [-0.2, 0) is 17.8 Å². The molecule has 0 aliphatic rings. The summed E-state index contributed by atoms with van der Waals surface area (Å²) in [7, 11) is 0. The number of nitrogen functional groups attached to an aromatic ring is 1. The number of nitrogens with two attached hydrogens (primary N) is 1. The van der Waals surface area contributed by atoms with E-state index >= 15 is 0 Å². The number of aromatic amines is 1. The highest BCUT2D eigenvalue weighted by molar-refractivity contribution is 5.95. The number of hydrogen-bond donors (Lipinski definition) is 2. The van der Waals surface area contributed by atoms with Crippen molar-refractivity contribution >= 4 is 23.1 Å². The Bertz CT molecular complexity index is 1420. The van der Waals surface area contributed by atoms with Gasteiger partial charge in [0.15, 0.2) is 11.3 Å². The number of carbonyl (C=O) groups excluding carboxylic acids is 1. The monoisotopic (exact) mass is 494 g/mol. The third kappa shape index (κ3) is 5.32. The number of amides is 1. The molecule has 192 valence electrons. The van der Waals surface area contributed by atoms with Crippen molar-refractivity contribution in [1.82, 2.24) is 24.1 Å². The van der Waals surface area contributed by atoms with E-state index in [-0.39, 0.29) is 29.8 Å². The van der Waals surface area contributed by atoms with Crippen molar-refractivity contribution in [2.45, 2.75) is 73.3 Å². The molecule has 11 heteroatoms. The van der Waals surface area contributed by atoms with Crippen LogP contribution in [0.1, 0.15) is 69.0 Å². The lowest BCUT2D eigenvalue weighted by Gasteiger charge is -2.25. The predicted octanol–water partition coefficient (Wildman–Crippen LogP) is 2.46. The van der Waals surface area contributed by atoms with Gasteiger partial charge >= 0.3 is 5.69 Å². The molecule has 3 aromatic heterocycles. The predicted molar refractivity (Wildman–Crippen MR) is 138 cm³/mol. The fourth-order valence-electron chi connectivity index (χ4n) is 4.24. The van der Waals surface area contributed by atoms with E-state index in [9.17, 15) is 19.6 Å². The van der Waals surface area contributed by atoms with Gasteiger partial charge < -0.3 is 10.6 Å². The average Bonchev–Trinajstić information content (AvgIpc) is 3.23. The molecule has 0 saturated heterocycles. The zero-order chi connectivity index (χ0) is 26.6. The molecule has 3 heterocycles. The van der Waals surface area contributed by atoms with Gasteiger partial charge in [0, 0.05) is 30.9 Å². The Morgan fingerprint density at radius 2 is 2.03 bits per heavy atom. The number of H-pyrrole nitrogens is 1. The number of aryl methyl sites for hydroxylation is 2. The molecule has 11 nitrogen and oxygen atoms in total. The molecule has 0 aliphatic heterocycles. The van der Waals surface area contributed by atoms with Crippen LogP contribution in [0.25, 0.3) is 5.65 Å². The molecule has 0 radical (unpaired) electrons. The highest BCUT2D eigenvalue weighted by Crippen LogP contribution is 2.22. The lowest BCUT2D eigenvalue weighted by Crippen LogP contribution is -2.42. The summed E-state index contributed by atoms with van der Waals surface area (Å²) in [4.78, 5) is 47.0. The summed E-state index contributed by atoms with van der Waals surface area (Å²) < 4.78 is 2.93. The summed E-state index contributed by atoms with van der Waals surface area (Å²) in [5, 5.41) is 13.5. The number of rotatable bonds is 10. The maximum absolute atomic E-state index is 13.5. The fourth-order valence-corrected chi connectivity index (χ4v) is 4.24. The second-order valence-corrected chi connectivity index (χ2v) is 9.39. The molecule has 1 amide bonds. The molecule has 0 unspecified atom stereocenters. The second kappa shape index (κ2) is 11.2. The van der Waals surface area contributed by atoms with Crippen molar-refractivity contribution < 1.29 is 4.79 Å². The smallest absolute Gasteiger partial charge is 0.330 e. The van der Waals surface area contributed by atoms with Crippen LogP contribution in [0.2, 0.25) is 0 Å². The Hall–Kier alpha value is -3.94. The van der Waals surface area contributed by atoms with Crippen LogP contribution in [0, 0.1) is 31.1 Å². The van der Waals surface area contributed by atoms with Crippen molar-refractivity contribution in [2.75, 3.05) is 17.2 Å². The maximum atomic E-state index is 13.5. The van der Waals surface area contributed by atoms with Crippen molar-refractivity contribution in [2.24, 2.45) is 5.92 Å². The number of anilines is 2. The van der Waals surface area contributed by atoms with Gasteiger partial charge in [-0.3, -0.25) is 19.1 Å². The van der Waals surface area contributed by atoms with Gasteiger partial charge in [-0.05, 0) is 44.6 Å². The fraction of sp³-hybridized carbons (Fsp3) is 0.520. The van der Waals surface area contributed by atoms with Crippen molar-refractivity contribution in [3.63, 3.8) is 0 Å². The number of hydrogen-bond acceptors (Lipinski definition) is 7. The lowest BCUT2D eigenvalue weighted by atomic mass is 10.0. The van der Waals surface area contributed by atoms with Crippen LogP contribution in [0.5, 0.6) is 0 Å². The van der Waals surface area contributed by atoms with Crippen LogP contribution in [0.4, 0.5) is 11.5 Å². The second-order valence-electron chi connectivity index (χ2n) is 9.39. The quantitative estimate of drug-likeness (QED) is 0.438. The first-order chi connectivity index (χ1) is 17.1. The van der Waals surface area contributed by atoms with E-state index in [0.29, 0.717) is 49.3 Å². The van der Waals surface area contributed by atoms with Gasteiger partial charge in [0.25, 0.3) is 5.56 Å². The Balaban J connectivity index is 1.96. The number of nitrogens with zero attached hydrogens (tertiary/aromatic N) is 6. The summed E-state index contributed by atoms with van der Waals surface area (Å²) in [6, 6.07) is 2.09. The van der Waals surface area contributed by atoms with Crippen LogP contribution in [-0.4, -0.2) is 36.6 Å². The maximum Gasteiger partial charge on any atom is 0.330 e. The summed E-state index contributed by atoms with van der Waals surface area (Å²) in [6.07, 6.45) is 4.16. The van der Waals surface area contributed by atoms with E-state index in [1.807, 2.05) is 34.6 Å². The number of unbranched alkanes of at least 4 members (excludes halogenated alkanes) is 1. The van der Waals surface area contributed by atoms with Crippen molar-refractivity contribution in [1.29, 1.82) is 5.26 Å². The molecule has 0 saturated carbocycles. The standard InChI is InChI=1S/C25H34N8O3/c1-6-7-11-32-22(27)21(24(35)30-25(32)36)31(12-10-15(2)3)20(34)9-8-19-16(4)29-23-18(13-26)14-28-33(23)17(19)5/h14-15H,6-12,27H2,1-5H3,(H,30,35,36). The van der Waals surface area contributed by atoms with Gasteiger partial charge in [0.1, 0.15) is 17.5 Å². The summed E-state index contributed by atoms with van der Waals surface area (Å²) in [5.74, 6) is 0.0211. The number of carbonyl (C=O) groups is 1. The third-order valence-electron chi connectivity index (χ3n) is 6.37. The van der Waals surface area contributed by atoms with Gasteiger partial charge in [-0.1, -0.05) is 27.2 Å². The first-order valence-electron chi connectivity index (χ1n) is 12.3. The number of nitriles is 1. The molecular weight excluding hydrogens is 460 g/mol. The Morgan fingerprint density at radius 3 is 2.67 bits per heavy atom. The molecule has 3 N–H and O–H groups in total. The minimum absolute atomic E-state index is 0.00493. The SMILES string of the molecule is CCCCn1c(N)c(N(CCC(C)C)C(=O)CCc2c(C)nc3c(C#N)cnn3c2C)c(=O)[nH]c1=O. The van der Waals surface area contributed by atoms with Crippen LogP contribution in [0.3, 0.4) is 0 Å². The van der Waals surface area contributed by atoms with Crippen LogP contribution in [0.15, 0.2) is 15.8 Å². The van der Waals surface area contributed by atoms with Gasteiger partial charge in [-0.2, -0.15) is 10.4 Å². The number of fused-ring (bicyclic) bond motifs is 1. The van der Waals surface area contributed by atoms with Gasteiger partial charge in [0.05, 0.1) is 6.20 Å². The molecule has 0 fully saturated rings. The zero-order valence-corrected chi connectivity index (χ0v) is 21.6. The molecule has 0 aliphatic carbocycles. The average molecular weight is 495 g/mol. The molecule has 0 atom stereocenters. The molecule has 0 bridgehead atoms. The summed E-state index contributed by atoms with van der Waals surface area (Å²) >= 11 is 0. The largest absolute Gasteiger partial charge is 0.383 e. The van der Waals surface area contributed by atoms with E-state index in [1.165, 1.54) is 15.7 Å². The normalized spacial score (nSPS) is 11.2. The zero-order valence-electron chi connectivity index (χ0n) is 21.6. The lowest BCUT2D eigenvalue weighted by molar-refractivity contribution is -0.118. The molecule has 0 spiro atoms. The van der Waals surface area contributed by atoms with Gasteiger partial charge in [-0.25, -0.2) is 14.3 Å².